The molecule has 1 unspecified atom stereocenters. The molecule has 1 N–H and O–H groups in total. The van der Waals surface area contributed by atoms with E-state index in [2.05, 4.69) is 24.4 Å². The summed E-state index contributed by atoms with van der Waals surface area (Å²) in [6, 6.07) is 14.7. The Balaban J connectivity index is 1.98. The lowest BCUT2D eigenvalue weighted by Gasteiger charge is -2.18. The highest BCUT2D eigenvalue weighted by atomic mass is 19.1. The highest BCUT2D eigenvalue weighted by Crippen LogP contribution is 2.19. The van der Waals surface area contributed by atoms with Crippen LogP contribution in [0.2, 0.25) is 0 Å². The van der Waals surface area contributed by atoms with Gasteiger partial charge >= 0.3 is 0 Å². The van der Waals surface area contributed by atoms with Crippen LogP contribution in [0.4, 0.5) is 4.39 Å². The number of halogens is 1. The van der Waals surface area contributed by atoms with Crippen molar-refractivity contribution in [3.63, 3.8) is 0 Å². The minimum Gasteiger partial charge on any atom is -0.492 e. The van der Waals surface area contributed by atoms with Gasteiger partial charge in [0.1, 0.15) is 18.2 Å². The topological polar surface area (TPSA) is 21.3 Å². The summed E-state index contributed by atoms with van der Waals surface area (Å²) >= 11 is 0. The summed E-state index contributed by atoms with van der Waals surface area (Å²) in [5.74, 6) is 0.602. The van der Waals surface area contributed by atoms with Crippen molar-refractivity contribution in [3.05, 3.63) is 65.5 Å². The van der Waals surface area contributed by atoms with Crippen LogP contribution < -0.4 is 10.1 Å². The Kier molecular flexibility index (Phi) is 5.76. The number of rotatable bonds is 7. The summed E-state index contributed by atoms with van der Waals surface area (Å²) in [5, 5.41) is 3.10. The zero-order valence-corrected chi connectivity index (χ0v) is 12.6. The molecule has 0 bridgehead atoms. The first kappa shape index (κ1) is 15.5. The molecule has 3 heteroatoms. The maximum Gasteiger partial charge on any atom is 0.128 e. The summed E-state index contributed by atoms with van der Waals surface area (Å²) in [7, 11) is 1.81. The van der Waals surface area contributed by atoms with Crippen LogP contribution in [0.25, 0.3) is 0 Å². The van der Waals surface area contributed by atoms with Gasteiger partial charge in [-0.05, 0) is 37.2 Å². The van der Waals surface area contributed by atoms with E-state index < -0.39 is 0 Å². The molecule has 0 amide bonds. The zero-order chi connectivity index (χ0) is 15.1. The molecule has 0 aliphatic rings. The van der Waals surface area contributed by atoms with Crippen molar-refractivity contribution in [2.45, 2.75) is 25.8 Å². The maximum absolute atomic E-state index is 13.8. The van der Waals surface area contributed by atoms with Crippen LogP contribution in [0.1, 0.15) is 30.5 Å². The number of hydrogen-bond donors (Lipinski definition) is 1. The SMILES string of the molecule is CCCc1ccc(OCC(NC)c2ccccc2F)cc1. The fourth-order valence-corrected chi connectivity index (χ4v) is 2.31. The van der Waals surface area contributed by atoms with Gasteiger partial charge in [-0.1, -0.05) is 43.7 Å². The second-order valence-corrected chi connectivity index (χ2v) is 5.07. The highest BCUT2D eigenvalue weighted by molar-refractivity contribution is 5.28. The van der Waals surface area contributed by atoms with Crippen molar-refractivity contribution < 1.29 is 9.13 Å². The molecule has 0 saturated carbocycles. The molecule has 2 rings (SSSR count). The number of benzene rings is 2. The average molecular weight is 287 g/mol. The second-order valence-electron chi connectivity index (χ2n) is 5.07. The van der Waals surface area contributed by atoms with Gasteiger partial charge in [0, 0.05) is 5.56 Å². The van der Waals surface area contributed by atoms with Gasteiger partial charge in [0.15, 0.2) is 0 Å². The molecule has 112 valence electrons. The Morgan fingerprint density at radius 1 is 1.10 bits per heavy atom. The van der Waals surface area contributed by atoms with Gasteiger partial charge in [-0.15, -0.1) is 0 Å². The number of nitrogens with one attached hydrogen (secondary N) is 1. The first-order valence-electron chi connectivity index (χ1n) is 7.38. The molecule has 0 aliphatic carbocycles. The highest BCUT2D eigenvalue weighted by Gasteiger charge is 2.14. The molecule has 2 aromatic rings. The van der Waals surface area contributed by atoms with E-state index in [9.17, 15) is 4.39 Å². The third-order valence-electron chi connectivity index (χ3n) is 3.51. The minimum atomic E-state index is -0.209. The minimum absolute atomic E-state index is 0.165. The molecule has 21 heavy (non-hydrogen) atoms. The lowest BCUT2D eigenvalue weighted by Crippen LogP contribution is -2.24. The summed E-state index contributed by atoms with van der Waals surface area (Å²) in [5.41, 5.74) is 1.94. The molecular formula is C18H22FNO. The lowest BCUT2D eigenvalue weighted by atomic mass is 10.1. The molecule has 2 nitrogen and oxygen atoms in total. The molecule has 0 heterocycles. The van der Waals surface area contributed by atoms with E-state index in [1.54, 1.807) is 12.1 Å². The fraction of sp³-hybridized carbons (Fsp3) is 0.333. The molecule has 0 aliphatic heterocycles. The van der Waals surface area contributed by atoms with Gasteiger partial charge in [-0.3, -0.25) is 0 Å². The largest absolute Gasteiger partial charge is 0.492 e. The number of hydrogen-bond acceptors (Lipinski definition) is 2. The van der Waals surface area contributed by atoms with Crippen LogP contribution in [-0.2, 0) is 6.42 Å². The lowest BCUT2D eigenvalue weighted by molar-refractivity contribution is 0.270. The Labute approximate surface area is 126 Å². The van der Waals surface area contributed by atoms with Gasteiger partial charge in [0.05, 0.1) is 6.04 Å². The standard InChI is InChI=1S/C18H22FNO/c1-3-6-14-9-11-15(12-10-14)21-13-18(20-2)16-7-4-5-8-17(16)19/h4-5,7-12,18,20H,3,6,13H2,1-2H3. The van der Waals surface area contributed by atoms with Crippen molar-refractivity contribution >= 4 is 0 Å². The molecule has 0 spiro atoms. The van der Waals surface area contributed by atoms with E-state index in [-0.39, 0.29) is 11.9 Å². The molecule has 0 saturated heterocycles. The summed E-state index contributed by atoms with van der Waals surface area (Å²) < 4.78 is 19.6. The van der Waals surface area contributed by atoms with Crippen LogP contribution in [0, 0.1) is 5.82 Å². The number of likely N-dealkylation sites (N-methyl/N-ethyl adjacent to an activating group) is 1. The Hall–Kier alpha value is -1.87. The van der Waals surface area contributed by atoms with Crippen LogP contribution in [0.5, 0.6) is 5.75 Å². The molecule has 0 fully saturated rings. The molecule has 2 aromatic carbocycles. The summed E-state index contributed by atoms with van der Waals surface area (Å²) in [4.78, 5) is 0. The van der Waals surface area contributed by atoms with Crippen LogP contribution in [-0.4, -0.2) is 13.7 Å². The first-order valence-corrected chi connectivity index (χ1v) is 7.38. The molecule has 1 atom stereocenters. The number of ether oxygens (including phenoxy) is 1. The number of aryl methyl sites for hydroxylation is 1. The van der Waals surface area contributed by atoms with E-state index >= 15 is 0 Å². The average Bonchev–Trinajstić information content (AvgIpc) is 2.51. The van der Waals surface area contributed by atoms with Gasteiger partial charge < -0.3 is 10.1 Å². The smallest absolute Gasteiger partial charge is 0.128 e. The maximum atomic E-state index is 13.8. The van der Waals surface area contributed by atoms with Gasteiger partial charge in [0.25, 0.3) is 0 Å². The Morgan fingerprint density at radius 2 is 1.81 bits per heavy atom. The second kappa shape index (κ2) is 7.79. The van der Waals surface area contributed by atoms with Gasteiger partial charge in [-0.2, -0.15) is 0 Å². The predicted molar refractivity (Wildman–Crippen MR) is 84.1 cm³/mol. The van der Waals surface area contributed by atoms with Crippen molar-refractivity contribution in [2.75, 3.05) is 13.7 Å². The van der Waals surface area contributed by atoms with Crippen LogP contribution in [0.15, 0.2) is 48.5 Å². The fourth-order valence-electron chi connectivity index (χ4n) is 2.31. The van der Waals surface area contributed by atoms with E-state index in [1.807, 2.05) is 25.2 Å². The van der Waals surface area contributed by atoms with Gasteiger partial charge in [0.2, 0.25) is 0 Å². The van der Waals surface area contributed by atoms with E-state index in [0.29, 0.717) is 12.2 Å². The molecule has 0 radical (unpaired) electrons. The zero-order valence-electron chi connectivity index (χ0n) is 12.6. The van der Waals surface area contributed by atoms with Crippen molar-refractivity contribution in [1.29, 1.82) is 0 Å². The van der Waals surface area contributed by atoms with E-state index in [1.165, 1.54) is 11.6 Å². The van der Waals surface area contributed by atoms with E-state index in [4.69, 9.17) is 4.74 Å². The van der Waals surface area contributed by atoms with Crippen molar-refractivity contribution in [3.8, 4) is 5.75 Å². The van der Waals surface area contributed by atoms with E-state index in [0.717, 1.165) is 18.6 Å². The Bertz CT molecular complexity index is 553. The third kappa shape index (κ3) is 4.30. The quantitative estimate of drug-likeness (QED) is 0.827. The van der Waals surface area contributed by atoms with Gasteiger partial charge in [-0.25, -0.2) is 4.39 Å². The first-order chi connectivity index (χ1) is 10.2. The normalized spacial score (nSPS) is 12.1. The monoisotopic (exact) mass is 287 g/mol. The predicted octanol–water partition coefficient (Wildman–Crippen LogP) is 4.12. The Morgan fingerprint density at radius 3 is 2.43 bits per heavy atom. The van der Waals surface area contributed by atoms with Crippen LogP contribution in [0.3, 0.4) is 0 Å². The van der Waals surface area contributed by atoms with Crippen LogP contribution >= 0.6 is 0 Å². The summed E-state index contributed by atoms with van der Waals surface area (Å²) in [6.45, 7) is 2.56. The van der Waals surface area contributed by atoms with Crippen molar-refractivity contribution in [2.24, 2.45) is 0 Å². The summed E-state index contributed by atoms with van der Waals surface area (Å²) in [6.07, 6.45) is 2.21. The molecule has 0 aromatic heterocycles. The molecular weight excluding hydrogens is 265 g/mol. The third-order valence-corrected chi connectivity index (χ3v) is 3.51. The van der Waals surface area contributed by atoms with Crippen molar-refractivity contribution in [1.82, 2.24) is 5.32 Å².